The molecule has 5 amide bonds. The Balaban J connectivity index is 0.993. The van der Waals surface area contributed by atoms with Gasteiger partial charge in [-0.2, -0.15) is 0 Å². The van der Waals surface area contributed by atoms with Crippen molar-refractivity contribution in [2.45, 2.75) is 116 Å². The fourth-order valence-corrected chi connectivity index (χ4v) is 9.32. The van der Waals surface area contributed by atoms with E-state index in [1.165, 1.54) is 4.90 Å². The van der Waals surface area contributed by atoms with Crippen LogP contribution in [-0.2, 0) is 92.0 Å². The van der Waals surface area contributed by atoms with Crippen LogP contribution in [0.25, 0.3) is 22.3 Å². The number of esters is 2. The quantitative estimate of drug-likeness (QED) is 0.0339. The Morgan fingerprint density at radius 1 is 0.840 bits per heavy atom. The Morgan fingerprint density at radius 2 is 1.55 bits per heavy atom. The van der Waals surface area contributed by atoms with E-state index >= 15 is 0 Å². The Labute approximate surface area is 431 Å². The second-order valence-electron chi connectivity index (χ2n) is 18.5. The summed E-state index contributed by atoms with van der Waals surface area (Å²) >= 11 is 0. The van der Waals surface area contributed by atoms with E-state index in [4.69, 9.17) is 33.8 Å². The first-order valence-corrected chi connectivity index (χ1v) is 25.1. The minimum Gasteiger partial charge on any atom is -0.481 e. The van der Waals surface area contributed by atoms with E-state index in [1.807, 2.05) is 31.2 Å². The van der Waals surface area contributed by atoms with Gasteiger partial charge in [-0.05, 0) is 49.3 Å². The lowest BCUT2D eigenvalue weighted by molar-refractivity contribution is -0.191. The highest BCUT2D eigenvalue weighted by Gasteiger charge is 2.52. The summed E-state index contributed by atoms with van der Waals surface area (Å²) in [6.07, 6.45) is -0.515. The second-order valence-corrected chi connectivity index (χ2v) is 18.5. The number of nitrogens with one attached hydrogen (secondary N) is 4. The van der Waals surface area contributed by atoms with Crippen molar-refractivity contribution < 1.29 is 77.0 Å². The number of nitrogens with zero attached hydrogens (tertiary/aromatic N) is 3. The number of pyridine rings is 2. The summed E-state index contributed by atoms with van der Waals surface area (Å²) in [6, 6.07) is 5.30. The van der Waals surface area contributed by atoms with E-state index in [0.717, 1.165) is 22.0 Å². The molecule has 3 aromatic rings. The molecular formula is C51H65N7O17. The number of aromatic nitrogens is 2. The Morgan fingerprint density at radius 3 is 2.23 bits per heavy atom. The summed E-state index contributed by atoms with van der Waals surface area (Å²) in [5.74, 6) is -8.24. The lowest BCUT2D eigenvalue weighted by Crippen LogP contribution is -2.57. The monoisotopic (exact) mass is 1050 g/mol. The van der Waals surface area contributed by atoms with Crippen molar-refractivity contribution in [3.63, 3.8) is 0 Å². The third kappa shape index (κ3) is 13.9. The normalized spacial score (nSPS) is 17.3. The van der Waals surface area contributed by atoms with Gasteiger partial charge in [-0.1, -0.05) is 45.9 Å². The van der Waals surface area contributed by atoms with Crippen molar-refractivity contribution in [2.24, 2.45) is 5.92 Å². The fraction of sp³-hybridized carbons (Fsp3) is 0.549. The molecule has 1 aromatic carbocycles. The molecule has 0 aliphatic carbocycles. The van der Waals surface area contributed by atoms with Crippen molar-refractivity contribution in [3.8, 4) is 11.4 Å². The molecule has 24 heteroatoms. The van der Waals surface area contributed by atoms with E-state index in [9.17, 15) is 53.1 Å². The third-order valence-electron chi connectivity index (χ3n) is 13.2. The number of carboxylic acids is 2. The number of carboxylic acid groups (broad SMARTS) is 2. The number of aryl methyl sites for hydroxylation is 1. The fourth-order valence-electron chi connectivity index (χ4n) is 9.32. The number of hydrogen-bond acceptors (Lipinski definition) is 16. The summed E-state index contributed by atoms with van der Waals surface area (Å²) in [5, 5.41) is 29.3. The first kappa shape index (κ1) is 57.0. The zero-order chi connectivity index (χ0) is 54.4. The van der Waals surface area contributed by atoms with Gasteiger partial charge in [-0.25, -0.2) is 14.6 Å². The largest absolute Gasteiger partial charge is 0.481 e. The molecule has 1 saturated heterocycles. The van der Waals surface area contributed by atoms with Crippen LogP contribution in [0.2, 0.25) is 0 Å². The van der Waals surface area contributed by atoms with Gasteiger partial charge in [-0.3, -0.25) is 38.4 Å². The van der Waals surface area contributed by atoms with Crippen LogP contribution in [0.3, 0.4) is 0 Å². The van der Waals surface area contributed by atoms with E-state index in [2.05, 4.69) is 21.3 Å². The maximum Gasteiger partial charge on any atom is 0.355 e. The molecule has 3 aliphatic rings. The minimum atomic E-state index is -2.07. The van der Waals surface area contributed by atoms with E-state index in [-0.39, 0.29) is 116 Å². The van der Waals surface area contributed by atoms with Crippen molar-refractivity contribution in [3.05, 3.63) is 62.9 Å². The predicted octanol–water partition coefficient (Wildman–Crippen LogP) is 0.821. The number of amides is 5. The zero-order valence-electron chi connectivity index (χ0n) is 42.5. The Bertz CT molecular complexity index is 2720. The number of para-hydroxylation sites is 1. The number of carbonyl (C=O) groups excluding carboxylic acids is 7. The third-order valence-corrected chi connectivity index (χ3v) is 13.2. The molecule has 5 heterocycles. The average Bonchev–Trinajstić information content (AvgIpc) is 4.03. The summed E-state index contributed by atoms with van der Waals surface area (Å²) in [7, 11) is 0. The summed E-state index contributed by atoms with van der Waals surface area (Å²) in [4.78, 5) is 135. The van der Waals surface area contributed by atoms with Crippen molar-refractivity contribution >= 4 is 64.3 Å². The van der Waals surface area contributed by atoms with Crippen LogP contribution in [0.15, 0.2) is 35.1 Å². The predicted molar refractivity (Wildman–Crippen MR) is 263 cm³/mol. The number of benzene rings is 1. The first-order valence-electron chi connectivity index (χ1n) is 25.1. The number of aliphatic carboxylic acids is 2. The summed E-state index contributed by atoms with van der Waals surface area (Å²) < 4.78 is 29.5. The van der Waals surface area contributed by atoms with Crippen LogP contribution < -0.4 is 26.8 Å². The lowest BCUT2D eigenvalue weighted by atomic mass is 9.85. The molecule has 6 rings (SSSR count). The smallest absolute Gasteiger partial charge is 0.355 e. The highest BCUT2D eigenvalue weighted by molar-refractivity contribution is 5.96. The van der Waals surface area contributed by atoms with E-state index < -0.39 is 95.0 Å². The standard InChI is InChI=1S/C51H65N7O17/c1-5-30-31-10-7-8-11-35(31)55-45-32(30)27-58-38(45)24-34-33(47(58)67)28-74-50(70)51(34,6-2)75-49(69)44(29(3)4)56-46(66)37-12-9-17-57(37)48(68)36(25-43(64)65)54-40(60)15-18-71-20-22-73-23-21-72-19-16-52-41(61)26-53-39(59)13-14-42(62)63/h7-8,10-11,24,29,36-37,44H,5-6,9,12-23,25-28H2,1-4H3,(H,52,61)(H,53,59)(H,54,60)(H,56,66)(H,62,63)(H,64,65)/t36-,37-,44-,51-/m0/s1. The van der Waals surface area contributed by atoms with Crippen LogP contribution in [0.1, 0.15) is 94.9 Å². The van der Waals surface area contributed by atoms with Gasteiger partial charge in [0.15, 0.2) is 0 Å². The highest BCUT2D eigenvalue weighted by Crippen LogP contribution is 2.42. The maximum absolute atomic E-state index is 14.3. The van der Waals surface area contributed by atoms with Crippen LogP contribution in [0.4, 0.5) is 0 Å². The molecule has 0 radical (unpaired) electrons. The van der Waals surface area contributed by atoms with Gasteiger partial charge in [-0.15, -0.1) is 0 Å². The number of fused-ring (bicyclic) bond motifs is 5. The first-order chi connectivity index (χ1) is 35.9. The summed E-state index contributed by atoms with van der Waals surface area (Å²) in [5.41, 5.74) is 1.55. The molecule has 0 unspecified atom stereocenters. The average molecular weight is 1050 g/mol. The van der Waals surface area contributed by atoms with Crippen LogP contribution >= 0.6 is 0 Å². The molecule has 6 N–H and O–H groups in total. The summed E-state index contributed by atoms with van der Waals surface area (Å²) in [6.45, 7) is 7.48. The molecule has 406 valence electrons. The molecule has 2 aromatic heterocycles. The van der Waals surface area contributed by atoms with Crippen molar-refractivity contribution in [2.75, 3.05) is 59.3 Å². The van der Waals surface area contributed by atoms with Gasteiger partial charge in [0.25, 0.3) is 5.56 Å². The topological polar surface area (TPSA) is 326 Å². The number of ether oxygens (including phenoxy) is 5. The van der Waals surface area contributed by atoms with Gasteiger partial charge >= 0.3 is 23.9 Å². The molecule has 0 saturated carbocycles. The number of rotatable bonds is 28. The Hall–Kier alpha value is -7.31. The Kier molecular flexibility index (Phi) is 19.9. The molecule has 1 fully saturated rings. The van der Waals surface area contributed by atoms with Crippen LogP contribution in [0.5, 0.6) is 0 Å². The van der Waals surface area contributed by atoms with E-state index in [1.54, 1.807) is 31.4 Å². The molecule has 0 bridgehead atoms. The van der Waals surface area contributed by atoms with Gasteiger partial charge in [0, 0.05) is 42.4 Å². The molecule has 75 heavy (non-hydrogen) atoms. The molecule has 24 nitrogen and oxygen atoms in total. The number of carbonyl (C=O) groups is 9. The van der Waals surface area contributed by atoms with Gasteiger partial charge in [0.05, 0.1) is 88.0 Å². The molecule has 3 aliphatic heterocycles. The van der Waals surface area contributed by atoms with Crippen molar-refractivity contribution in [1.82, 2.24) is 35.7 Å². The molecule has 0 spiro atoms. The van der Waals surface area contributed by atoms with Crippen LogP contribution in [-0.4, -0.2) is 155 Å². The SMILES string of the molecule is CCc1c2c(nc3ccccc13)-c1cc3c(c(=O)n1C2)COC(=O)[C@@]3(CC)OC(=O)[C@@H](NC(=O)[C@@H]1CCCN1C(=O)[C@H](CC(=O)O)NC(=O)CCOCCOCCOCCNC(=O)CNC(=O)CCC(=O)O)C(C)C. The number of likely N-dealkylation sites (tertiary alicyclic amines) is 1. The molecular weight excluding hydrogens is 983 g/mol. The minimum absolute atomic E-state index is 0.0546. The second kappa shape index (κ2) is 26.3. The van der Waals surface area contributed by atoms with Gasteiger partial charge in [0.1, 0.15) is 24.7 Å². The van der Waals surface area contributed by atoms with Crippen LogP contribution in [0, 0.1) is 5.92 Å². The van der Waals surface area contributed by atoms with Crippen molar-refractivity contribution in [1.29, 1.82) is 0 Å². The van der Waals surface area contributed by atoms with E-state index in [0.29, 0.717) is 24.2 Å². The van der Waals surface area contributed by atoms with Gasteiger partial charge in [0.2, 0.25) is 35.1 Å². The maximum atomic E-state index is 14.3. The molecule has 4 atom stereocenters. The van der Waals surface area contributed by atoms with Gasteiger partial charge < -0.3 is 64.6 Å². The zero-order valence-corrected chi connectivity index (χ0v) is 42.5. The highest BCUT2D eigenvalue weighted by atomic mass is 16.6. The number of hydrogen-bond donors (Lipinski definition) is 6. The lowest BCUT2D eigenvalue weighted by Gasteiger charge is -2.37. The number of cyclic esters (lactones) is 1.